The lowest BCUT2D eigenvalue weighted by atomic mass is 9.95. The molecular formula is C23H19FN6O4. The first-order valence-electron chi connectivity index (χ1n) is 10.8. The summed E-state index contributed by atoms with van der Waals surface area (Å²) in [6.07, 6.45) is 4.29. The second-order valence-corrected chi connectivity index (χ2v) is 8.65. The van der Waals surface area contributed by atoms with E-state index in [4.69, 9.17) is 13.7 Å². The van der Waals surface area contributed by atoms with Crippen LogP contribution < -0.4 is 9.80 Å². The van der Waals surface area contributed by atoms with E-state index in [-0.39, 0.29) is 23.0 Å². The molecule has 11 heteroatoms. The van der Waals surface area contributed by atoms with E-state index in [9.17, 15) is 14.4 Å². The van der Waals surface area contributed by atoms with Crippen LogP contribution in [0.1, 0.15) is 42.8 Å². The van der Waals surface area contributed by atoms with Gasteiger partial charge in [-0.3, -0.25) is 14.7 Å². The quantitative estimate of drug-likeness (QED) is 0.580. The highest BCUT2D eigenvalue weighted by atomic mass is 19.1. The number of ether oxygens (including phenoxy) is 1. The standard InChI is InChI=1S/C23H19FN6O4/c1-12-6-9-32-19(12)20-27-21(34-28-20)16-18-22(31)30(23(2)7-3-8-33-23)17-13(10-25)14(24)4-5-15(17)29(18)11-26-16/h4-6,9,11,16,18H,3,7-8H2,1-2H3. The van der Waals surface area contributed by atoms with Gasteiger partial charge in [0, 0.05) is 6.61 Å². The molecule has 0 radical (unpaired) electrons. The molecule has 0 aliphatic carbocycles. The molecule has 0 spiro atoms. The molecule has 1 amide bonds. The summed E-state index contributed by atoms with van der Waals surface area (Å²) in [7, 11) is 0. The van der Waals surface area contributed by atoms with Crippen molar-refractivity contribution in [2.24, 2.45) is 4.99 Å². The summed E-state index contributed by atoms with van der Waals surface area (Å²) in [5, 5.41) is 13.7. The SMILES string of the molecule is Cc1ccoc1-c1noc(C2N=CN3c4ccc(F)c(C#N)c4N(C4(C)CCCO4)C(=O)C23)n1. The third-order valence-corrected chi connectivity index (χ3v) is 6.57. The first kappa shape index (κ1) is 20.6. The summed E-state index contributed by atoms with van der Waals surface area (Å²) in [5.74, 6) is -0.229. The number of carbonyl (C=O) groups excluding carboxylic acids is 1. The van der Waals surface area contributed by atoms with Crippen LogP contribution in [0.4, 0.5) is 15.8 Å². The Morgan fingerprint density at radius 2 is 2.18 bits per heavy atom. The van der Waals surface area contributed by atoms with Crippen molar-refractivity contribution in [3.8, 4) is 17.7 Å². The molecule has 3 atom stereocenters. The van der Waals surface area contributed by atoms with E-state index in [0.717, 1.165) is 12.0 Å². The number of nitriles is 1. The minimum Gasteiger partial charge on any atom is -0.461 e. The molecule has 0 saturated carbocycles. The van der Waals surface area contributed by atoms with E-state index in [2.05, 4.69) is 15.1 Å². The number of fused-ring (bicyclic) bond motifs is 3. The van der Waals surface area contributed by atoms with Crippen LogP contribution in [0.3, 0.4) is 0 Å². The summed E-state index contributed by atoms with van der Waals surface area (Å²) < 4.78 is 31.5. The number of anilines is 2. The monoisotopic (exact) mass is 462 g/mol. The number of rotatable bonds is 3. The van der Waals surface area contributed by atoms with Crippen LogP contribution in [-0.2, 0) is 9.53 Å². The summed E-state index contributed by atoms with van der Waals surface area (Å²) in [5.41, 5.74) is 0.251. The number of hydrogen-bond donors (Lipinski definition) is 0. The van der Waals surface area contributed by atoms with Gasteiger partial charge in [-0.05, 0) is 50.5 Å². The molecule has 3 aromatic rings. The average molecular weight is 462 g/mol. The van der Waals surface area contributed by atoms with Gasteiger partial charge in [0.2, 0.25) is 5.82 Å². The Hall–Kier alpha value is -4.04. The predicted molar refractivity (Wildman–Crippen MR) is 116 cm³/mol. The van der Waals surface area contributed by atoms with Gasteiger partial charge in [0.05, 0.1) is 24.0 Å². The van der Waals surface area contributed by atoms with Gasteiger partial charge in [-0.25, -0.2) is 4.39 Å². The maximum atomic E-state index is 14.6. The molecular weight excluding hydrogens is 443 g/mol. The number of aryl methyl sites for hydroxylation is 1. The lowest BCUT2D eigenvalue weighted by Gasteiger charge is -2.46. The summed E-state index contributed by atoms with van der Waals surface area (Å²) in [4.78, 5) is 26.0. The van der Waals surface area contributed by atoms with Crippen LogP contribution in [0.2, 0.25) is 0 Å². The molecule has 3 aliphatic rings. The van der Waals surface area contributed by atoms with Gasteiger partial charge in [-0.2, -0.15) is 10.2 Å². The molecule has 1 saturated heterocycles. The third kappa shape index (κ3) is 2.75. The van der Waals surface area contributed by atoms with Crippen molar-refractivity contribution >= 4 is 23.6 Å². The molecule has 5 heterocycles. The van der Waals surface area contributed by atoms with Crippen molar-refractivity contribution in [3.05, 3.63) is 47.3 Å². The number of aliphatic imine (C=N–C) groups is 1. The van der Waals surface area contributed by atoms with E-state index >= 15 is 0 Å². The van der Waals surface area contributed by atoms with Crippen molar-refractivity contribution < 1.29 is 22.9 Å². The minimum absolute atomic E-state index is 0.145. The fourth-order valence-corrected chi connectivity index (χ4v) is 4.91. The third-order valence-electron chi connectivity index (χ3n) is 6.57. The van der Waals surface area contributed by atoms with Crippen molar-refractivity contribution in [2.45, 2.75) is 44.5 Å². The lowest BCUT2D eigenvalue weighted by Crippen LogP contribution is -2.60. The topological polar surface area (TPSA) is 121 Å². The Balaban J connectivity index is 1.47. The molecule has 10 nitrogen and oxygen atoms in total. The summed E-state index contributed by atoms with van der Waals surface area (Å²) in [6, 6.07) is 4.78. The molecule has 2 aromatic heterocycles. The van der Waals surface area contributed by atoms with Gasteiger partial charge in [0.25, 0.3) is 11.8 Å². The Labute approximate surface area is 193 Å². The highest BCUT2D eigenvalue weighted by molar-refractivity contribution is 6.13. The number of benzene rings is 1. The number of amides is 1. The zero-order valence-corrected chi connectivity index (χ0v) is 18.4. The second kappa shape index (κ2) is 7.23. The van der Waals surface area contributed by atoms with Gasteiger partial charge >= 0.3 is 0 Å². The average Bonchev–Trinajstić information content (AvgIpc) is 3.60. The molecule has 3 unspecified atom stereocenters. The molecule has 3 aliphatic heterocycles. The van der Waals surface area contributed by atoms with Crippen LogP contribution in [0.5, 0.6) is 0 Å². The second-order valence-electron chi connectivity index (χ2n) is 8.65. The minimum atomic E-state index is -1.03. The van der Waals surface area contributed by atoms with Gasteiger partial charge in [-0.15, -0.1) is 0 Å². The van der Waals surface area contributed by atoms with E-state index in [0.29, 0.717) is 24.5 Å². The largest absolute Gasteiger partial charge is 0.461 e. The molecule has 1 aromatic carbocycles. The Morgan fingerprint density at radius 3 is 2.88 bits per heavy atom. The zero-order valence-electron chi connectivity index (χ0n) is 18.4. The molecule has 172 valence electrons. The molecule has 34 heavy (non-hydrogen) atoms. The van der Waals surface area contributed by atoms with Crippen molar-refractivity contribution in [1.82, 2.24) is 10.1 Å². The van der Waals surface area contributed by atoms with E-state index in [1.165, 1.54) is 29.6 Å². The molecule has 6 rings (SSSR count). The fraction of sp³-hybridized carbons (Fsp3) is 0.348. The Morgan fingerprint density at radius 1 is 1.32 bits per heavy atom. The molecule has 0 bridgehead atoms. The number of aromatic nitrogens is 2. The van der Waals surface area contributed by atoms with E-state index in [1.54, 1.807) is 17.9 Å². The number of hydrogen-bond acceptors (Lipinski definition) is 9. The van der Waals surface area contributed by atoms with Crippen LogP contribution in [0.25, 0.3) is 11.6 Å². The zero-order chi connectivity index (χ0) is 23.6. The number of halogens is 1. The molecule has 1 fully saturated rings. The summed E-state index contributed by atoms with van der Waals surface area (Å²) >= 11 is 0. The smallest absolute Gasteiger partial charge is 0.255 e. The highest BCUT2D eigenvalue weighted by Crippen LogP contribution is 2.49. The van der Waals surface area contributed by atoms with Crippen LogP contribution in [0, 0.1) is 24.1 Å². The van der Waals surface area contributed by atoms with Gasteiger partial charge in [0.1, 0.15) is 29.2 Å². The van der Waals surface area contributed by atoms with Crippen molar-refractivity contribution in [3.63, 3.8) is 0 Å². The van der Waals surface area contributed by atoms with Gasteiger partial charge in [0.15, 0.2) is 11.8 Å². The van der Waals surface area contributed by atoms with Crippen molar-refractivity contribution in [2.75, 3.05) is 16.4 Å². The van der Waals surface area contributed by atoms with Crippen molar-refractivity contribution in [1.29, 1.82) is 5.26 Å². The molecule has 0 N–H and O–H groups in total. The maximum Gasteiger partial charge on any atom is 0.255 e. The van der Waals surface area contributed by atoms with Gasteiger partial charge < -0.3 is 18.6 Å². The fourth-order valence-electron chi connectivity index (χ4n) is 4.91. The van der Waals surface area contributed by atoms with Crippen LogP contribution >= 0.6 is 0 Å². The maximum absolute atomic E-state index is 14.6. The highest BCUT2D eigenvalue weighted by Gasteiger charge is 2.54. The van der Waals surface area contributed by atoms with Crippen LogP contribution in [0.15, 0.2) is 38.4 Å². The number of carbonyl (C=O) groups is 1. The normalized spacial score (nSPS) is 25.5. The van der Waals surface area contributed by atoms with Gasteiger partial charge in [-0.1, -0.05) is 5.16 Å². The first-order chi connectivity index (χ1) is 16.4. The number of furan rings is 1. The lowest BCUT2D eigenvalue weighted by molar-refractivity contribution is -0.125. The number of nitrogens with zero attached hydrogens (tertiary/aromatic N) is 6. The Kier molecular flexibility index (Phi) is 4.37. The van der Waals surface area contributed by atoms with E-state index < -0.39 is 29.5 Å². The van der Waals surface area contributed by atoms with Crippen LogP contribution in [-0.4, -0.2) is 40.8 Å². The Bertz CT molecular complexity index is 1380. The first-order valence-corrected chi connectivity index (χ1v) is 10.8. The summed E-state index contributed by atoms with van der Waals surface area (Å²) in [6.45, 7) is 4.09. The predicted octanol–water partition coefficient (Wildman–Crippen LogP) is 3.48. The van der Waals surface area contributed by atoms with E-state index in [1.807, 2.05) is 13.0 Å².